The van der Waals surface area contributed by atoms with Crippen LogP contribution in [-0.4, -0.2) is 23.0 Å². The number of aryl methyl sites for hydroxylation is 1. The number of carbonyl (C=O) groups is 1. The molecule has 20 heavy (non-hydrogen) atoms. The van der Waals surface area contributed by atoms with Crippen LogP contribution in [0.5, 0.6) is 0 Å². The van der Waals surface area contributed by atoms with Crippen molar-refractivity contribution in [2.75, 3.05) is 12.8 Å². The van der Waals surface area contributed by atoms with Crippen molar-refractivity contribution in [2.45, 2.75) is 20.4 Å². The number of nitrogens with two attached hydrogens (primary N) is 1. The maximum atomic E-state index is 13.6. The van der Waals surface area contributed by atoms with Crippen molar-refractivity contribution < 1.29 is 13.7 Å². The second kappa shape index (κ2) is 5.32. The van der Waals surface area contributed by atoms with Crippen LogP contribution in [0.15, 0.2) is 22.7 Å². The van der Waals surface area contributed by atoms with Crippen LogP contribution in [0.2, 0.25) is 0 Å². The lowest BCUT2D eigenvalue weighted by molar-refractivity contribution is 0.0781. The van der Waals surface area contributed by atoms with E-state index in [1.165, 1.54) is 17.0 Å². The molecule has 2 N–H and O–H groups in total. The molecule has 0 aliphatic heterocycles. The van der Waals surface area contributed by atoms with Crippen LogP contribution in [0.1, 0.15) is 27.4 Å². The van der Waals surface area contributed by atoms with Gasteiger partial charge in [-0.3, -0.25) is 4.79 Å². The highest BCUT2D eigenvalue weighted by atomic mass is 19.1. The predicted molar refractivity (Wildman–Crippen MR) is 72.6 cm³/mol. The second-order valence-electron chi connectivity index (χ2n) is 4.76. The number of nitrogen functional groups attached to an aromatic ring is 1. The molecule has 0 aliphatic carbocycles. The number of benzene rings is 1. The summed E-state index contributed by atoms with van der Waals surface area (Å²) in [4.78, 5) is 13.6. The summed E-state index contributed by atoms with van der Waals surface area (Å²) in [5, 5.41) is 3.81. The molecule has 1 aromatic heterocycles. The molecule has 1 amide bonds. The quantitative estimate of drug-likeness (QED) is 0.874. The van der Waals surface area contributed by atoms with Gasteiger partial charge in [-0.1, -0.05) is 5.16 Å². The van der Waals surface area contributed by atoms with Crippen LogP contribution in [0, 0.1) is 19.7 Å². The number of hydrogen-bond donors (Lipinski definition) is 1. The fourth-order valence-corrected chi connectivity index (χ4v) is 1.85. The highest BCUT2D eigenvalue weighted by molar-refractivity contribution is 5.95. The number of hydrogen-bond acceptors (Lipinski definition) is 4. The van der Waals surface area contributed by atoms with Crippen molar-refractivity contribution in [2.24, 2.45) is 0 Å². The molecule has 6 heteroatoms. The van der Waals surface area contributed by atoms with E-state index in [1.54, 1.807) is 27.0 Å². The Kier molecular flexibility index (Phi) is 3.74. The summed E-state index contributed by atoms with van der Waals surface area (Å²) >= 11 is 0. The van der Waals surface area contributed by atoms with Gasteiger partial charge < -0.3 is 15.2 Å². The molecule has 1 heterocycles. The Morgan fingerprint density at radius 1 is 1.40 bits per heavy atom. The molecule has 0 bridgehead atoms. The summed E-state index contributed by atoms with van der Waals surface area (Å²) in [5.74, 6) is -0.137. The molecule has 0 atom stereocenters. The molecule has 0 radical (unpaired) electrons. The van der Waals surface area contributed by atoms with Gasteiger partial charge in [0.2, 0.25) is 0 Å². The zero-order valence-electron chi connectivity index (χ0n) is 11.6. The summed E-state index contributed by atoms with van der Waals surface area (Å²) in [5.41, 5.74) is 7.14. The van der Waals surface area contributed by atoms with Gasteiger partial charge in [-0.15, -0.1) is 0 Å². The Labute approximate surface area is 116 Å². The first-order chi connectivity index (χ1) is 9.38. The van der Waals surface area contributed by atoms with Crippen molar-refractivity contribution in [3.05, 3.63) is 46.6 Å². The number of aromatic nitrogens is 1. The summed E-state index contributed by atoms with van der Waals surface area (Å²) in [7, 11) is 1.61. The highest BCUT2D eigenvalue weighted by Gasteiger charge is 2.16. The van der Waals surface area contributed by atoms with E-state index in [1.807, 2.05) is 0 Å². The smallest absolute Gasteiger partial charge is 0.254 e. The Morgan fingerprint density at radius 3 is 2.65 bits per heavy atom. The lowest BCUT2D eigenvalue weighted by atomic mass is 10.1. The molecule has 0 saturated heterocycles. The molecule has 0 spiro atoms. The van der Waals surface area contributed by atoms with Crippen LogP contribution < -0.4 is 5.73 Å². The first kappa shape index (κ1) is 14.0. The third kappa shape index (κ3) is 2.79. The molecule has 5 nitrogen and oxygen atoms in total. The van der Waals surface area contributed by atoms with E-state index >= 15 is 0 Å². The minimum Gasteiger partial charge on any atom is -0.398 e. The van der Waals surface area contributed by atoms with Gasteiger partial charge in [-0.25, -0.2) is 4.39 Å². The molecular weight excluding hydrogens is 261 g/mol. The lowest BCUT2D eigenvalue weighted by Crippen LogP contribution is -2.26. The first-order valence-electron chi connectivity index (χ1n) is 6.11. The number of rotatable bonds is 3. The Bertz CT molecular complexity index is 629. The molecule has 2 rings (SSSR count). The van der Waals surface area contributed by atoms with Crippen molar-refractivity contribution >= 4 is 11.6 Å². The molecule has 106 valence electrons. The molecule has 0 aliphatic rings. The fraction of sp³-hybridized carbons (Fsp3) is 0.286. The average Bonchev–Trinajstić information content (AvgIpc) is 2.79. The van der Waals surface area contributed by atoms with Gasteiger partial charge >= 0.3 is 0 Å². The molecule has 2 aromatic rings. The van der Waals surface area contributed by atoms with E-state index in [2.05, 4.69) is 5.16 Å². The maximum absolute atomic E-state index is 13.6. The number of amides is 1. The minimum atomic E-state index is -0.487. The zero-order chi connectivity index (χ0) is 14.9. The summed E-state index contributed by atoms with van der Waals surface area (Å²) in [6, 6.07) is 4.41. The number of carbonyl (C=O) groups excluding carboxylic acids is 1. The number of anilines is 1. The van der Waals surface area contributed by atoms with Gasteiger partial charge in [0.1, 0.15) is 17.3 Å². The van der Waals surface area contributed by atoms with Crippen LogP contribution in [0.4, 0.5) is 10.1 Å². The van der Waals surface area contributed by atoms with E-state index in [0.717, 1.165) is 0 Å². The van der Waals surface area contributed by atoms with Crippen LogP contribution in [-0.2, 0) is 6.54 Å². The van der Waals surface area contributed by atoms with Gasteiger partial charge in [0.15, 0.2) is 0 Å². The molecule has 0 saturated carbocycles. The van der Waals surface area contributed by atoms with E-state index < -0.39 is 5.82 Å². The monoisotopic (exact) mass is 277 g/mol. The van der Waals surface area contributed by atoms with Crippen molar-refractivity contribution in [3.8, 4) is 0 Å². The van der Waals surface area contributed by atoms with Crippen molar-refractivity contribution in [1.82, 2.24) is 10.1 Å². The van der Waals surface area contributed by atoms with Crippen molar-refractivity contribution in [1.29, 1.82) is 0 Å². The molecular formula is C14H16FN3O2. The van der Waals surface area contributed by atoms with E-state index in [0.29, 0.717) is 17.0 Å². The van der Waals surface area contributed by atoms with Gasteiger partial charge in [0.25, 0.3) is 5.91 Å². The third-order valence-corrected chi connectivity index (χ3v) is 3.05. The Hall–Kier alpha value is -2.37. The van der Waals surface area contributed by atoms with Crippen molar-refractivity contribution in [3.63, 3.8) is 0 Å². The second-order valence-corrected chi connectivity index (χ2v) is 4.76. The molecule has 0 unspecified atom stereocenters. The summed E-state index contributed by atoms with van der Waals surface area (Å²) in [6.07, 6.45) is 0. The Balaban J connectivity index is 2.18. The van der Waals surface area contributed by atoms with E-state index in [4.69, 9.17) is 10.3 Å². The largest absolute Gasteiger partial charge is 0.398 e. The van der Waals surface area contributed by atoms with E-state index in [-0.39, 0.29) is 23.7 Å². The van der Waals surface area contributed by atoms with Crippen LogP contribution in [0.3, 0.4) is 0 Å². The first-order valence-corrected chi connectivity index (χ1v) is 6.11. The normalized spacial score (nSPS) is 10.6. The Morgan fingerprint density at radius 2 is 2.10 bits per heavy atom. The number of halogens is 1. The highest BCUT2D eigenvalue weighted by Crippen LogP contribution is 2.19. The summed E-state index contributed by atoms with van der Waals surface area (Å²) < 4.78 is 18.6. The van der Waals surface area contributed by atoms with Crippen LogP contribution in [0.25, 0.3) is 0 Å². The lowest BCUT2D eigenvalue weighted by Gasteiger charge is -2.16. The third-order valence-electron chi connectivity index (χ3n) is 3.05. The van der Waals surface area contributed by atoms with E-state index in [9.17, 15) is 9.18 Å². The molecule has 1 aromatic carbocycles. The van der Waals surface area contributed by atoms with Gasteiger partial charge in [0, 0.05) is 29.9 Å². The number of nitrogens with zero attached hydrogens (tertiary/aromatic N) is 2. The standard InChI is InChI=1S/C14H16FN3O2/c1-8-4-11(17-20-8)7-18(3)14(19)10-5-12(15)9(2)13(16)6-10/h4-6H,7,16H2,1-3H3. The zero-order valence-corrected chi connectivity index (χ0v) is 11.6. The average molecular weight is 277 g/mol. The topological polar surface area (TPSA) is 72.4 Å². The summed E-state index contributed by atoms with van der Waals surface area (Å²) in [6.45, 7) is 3.63. The maximum Gasteiger partial charge on any atom is 0.254 e. The van der Waals surface area contributed by atoms with Crippen LogP contribution >= 0.6 is 0 Å². The minimum absolute atomic E-state index is 0.216. The molecule has 0 fully saturated rings. The van der Waals surface area contributed by atoms with Gasteiger partial charge in [-0.2, -0.15) is 0 Å². The fourth-order valence-electron chi connectivity index (χ4n) is 1.85. The predicted octanol–water partition coefficient (Wildman–Crippen LogP) is 2.28. The van der Waals surface area contributed by atoms with Gasteiger partial charge in [-0.05, 0) is 26.0 Å². The SMILES string of the molecule is Cc1cc(CN(C)C(=O)c2cc(N)c(C)c(F)c2)no1. The van der Waals surface area contributed by atoms with Gasteiger partial charge in [0.05, 0.1) is 6.54 Å².